The van der Waals surface area contributed by atoms with Crippen LogP contribution in [0.3, 0.4) is 0 Å². The highest BCUT2D eigenvalue weighted by molar-refractivity contribution is 6.25. The Morgan fingerprint density at radius 2 is 1.36 bits per heavy atom. The van der Waals surface area contributed by atoms with Crippen LogP contribution in [0.1, 0.15) is 19.3 Å². The predicted molar refractivity (Wildman–Crippen MR) is 50.8 cm³/mol. The van der Waals surface area contributed by atoms with E-state index in [-0.39, 0.29) is 0 Å². The lowest BCUT2D eigenvalue weighted by Gasteiger charge is -2.00. The Morgan fingerprint density at radius 1 is 0.909 bits per heavy atom. The Morgan fingerprint density at radius 3 is 1.73 bits per heavy atom. The van der Waals surface area contributed by atoms with Crippen molar-refractivity contribution >= 4 is 23.2 Å². The quantitative estimate of drug-likeness (QED) is 0.620. The average molecular weight is 191 g/mol. The lowest BCUT2D eigenvalue weighted by Crippen LogP contribution is -1.89. The predicted octanol–water partition coefficient (Wildman–Crippen LogP) is 3.91. The second-order valence-electron chi connectivity index (χ2n) is 2.97. The summed E-state index contributed by atoms with van der Waals surface area (Å²) in [7, 11) is 0. The molecule has 0 aliphatic heterocycles. The minimum atomic E-state index is 0.672. The van der Waals surface area contributed by atoms with E-state index in [1.165, 1.54) is 19.3 Å². The van der Waals surface area contributed by atoms with E-state index >= 15 is 0 Å². The molecule has 1 saturated carbocycles. The first-order valence-electron chi connectivity index (χ1n) is 3.90. The Bertz CT molecular complexity index is 143. The molecule has 62 valence electrons. The van der Waals surface area contributed by atoms with Crippen molar-refractivity contribution < 1.29 is 0 Å². The molecule has 2 unspecified atom stereocenters. The van der Waals surface area contributed by atoms with Crippen LogP contribution in [0.25, 0.3) is 0 Å². The van der Waals surface area contributed by atoms with E-state index in [9.17, 15) is 0 Å². The van der Waals surface area contributed by atoms with Crippen molar-refractivity contribution in [3.63, 3.8) is 0 Å². The molecular weight excluding hydrogens is 179 g/mol. The summed E-state index contributed by atoms with van der Waals surface area (Å²) in [4.78, 5) is 0. The number of allylic oxidation sites excluding steroid dienone is 2. The monoisotopic (exact) mass is 190 g/mol. The Hall–Kier alpha value is 0.0600. The smallest absolute Gasteiger partial charge is 0.000525 e. The third kappa shape index (κ3) is 2.88. The van der Waals surface area contributed by atoms with E-state index in [2.05, 4.69) is 12.2 Å². The Balaban J connectivity index is 2.34. The van der Waals surface area contributed by atoms with Crippen molar-refractivity contribution in [2.24, 2.45) is 11.8 Å². The number of halogens is 2. The molecule has 0 spiro atoms. The van der Waals surface area contributed by atoms with Gasteiger partial charge in [-0.25, -0.2) is 0 Å². The molecule has 2 atom stereocenters. The third-order valence-electron chi connectivity index (χ3n) is 2.20. The molecule has 1 aliphatic carbocycles. The highest BCUT2D eigenvalue weighted by Crippen LogP contribution is 2.32. The zero-order chi connectivity index (χ0) is 8.10. The number of rotatable bonds is 2. The zero-order valence-corrected chi connectivity index (χ0v) is 7.85. The summed E-state index contributed by atoms with van der Waals surface area (Å²) in [5, 5.41) is 0. The molecule has 1 aliphatic rings. The molecule has 1 rings (SSSR count). The molecule has 0 radical (unpaired) electrons. The largest absolute Gasteiger partial charge is 0.0933 e. The van der Waals surface area contributed by atoms with Crippen molar-refractivity contribution in [2.75, 3.05) is 0 Å². The molecule has 0 aromatic rings. The van der Waals surface area contributed by atoms with Gasteiger partial charge in [0.1, 0.15) is 0 Å². The average Bonchev–Trinajstić information content (AvgIpc) is 2.38. The van der Waals surface area contributed by atoms with E-state index in [1.807, 2.05) is 0 Å². The fourth-order valence-electron chi connectivity index (χ4n) is 1.61. The van der Waals surface area contributed by atoms with Crippen LogP contribution in [0.15, 0.2) is 23.2 Å². The SMILES string of the molecule is Cl/C=C/C1CCC(/C=C/Cl)C1. The fourth-order valence-corrected chi connectivity index (χ4v) is 2.02. The Kier molecular flexibility index (Phi) is 4.03. The van der Waals surface area contributed by atoms with E-state index < -0.39 is 0 Å². The lowest BCUT2D eigenvalue weighted by molar-refractivity contribution is 0.640. The van der Waals surface area contributed by atoms with Gasteiger partial charge in [-0.2, -0.15) is 0 Å². The summed E-state index contributed by atoms with van der Waals surface area (Å²) in [5.74, 6) is 1.34. The molecule has 0 aromatic carbocycles. The van der Waals surface area contributed by atoms with Crippen molar-refractivity contribution in [3.05, 3.63) is 23.2 Å². The maximum absolute atomic E-state index is 5.48. The fraction of sp³-hybridized carbons (Fsp3) is 0.556. The zero-order valence-electron chi connectivity index (χ0n) is 6.34. The van der Waals surface area contributed by atoms with E-state index in [1.54, 1.807) is 11.1 Å². The van der Waals surface area contributed by atoms with Crippen LogP contribution < -0.4 is 0 Å². The first kappa shape index (κ1) is 9.15. The molecular formula is C9H12Cl2. The van der Waals surface area contributed by atoms with Crippen molar-refractivity contribution in [1.82, 2.24) is 0 Å². The minimum Gasteiger partial charge on any atom is -0.0933 e. The minimum absolute atomic E-state index is 0.672. The van der Waals surface area contributed by atoms with Crippen LogP contribution >= 0.6 is 23.2 Å². The highest BCUT2D eigenvalue weighted by Gasteiger charge is 2.19. The maximum atomic E-state index is 5.48. The summed E-state index contributed by atoms with van der Waals surface area (Å²) in [6.07, 6.45) is 7.84. The molecule has 0 bridgehead atoms. The summed E-state index contributed by atoms with van der Waals surface area (Å²) in [6, 6.07) is 0. The number of hydrogen-bond donors (Lipinski definition) is 0. The number of hydrogen-bond acceptors (Lipinski definition) is 0. The van der Waals surface area contributed by atoms with E-state index in [4.69, 9.17) is 23.2 Å². The van der Waals surface area contributed by atoms with Crippen molar-refractivity contribution in [1.29, 1.82) is 0 Å². The molecule has 0 heterocycles. The van der Waals surface area contributed by atoms with E-state index in [0.29, 0.717) is 11.8 Å². The summed E-state index contributed by atoms with van der Waals surface area (Å²) in [6.45, 7) is 0. The van der Waals surface area contributed by atoms with Gasteiger partial charge in [0.15, 0.2) is 0 Å². The molecule has 0 N–H and O–H groups in total. The van der Waals surface area contributed by atoms with Crippen LogP contribution in [0.4, 0.5) is 0 Å². The van der Waals surface area contributed by atoms with Crippen LogP contribution in [0.5, 0.6) is 0 Å². The van der Waals surface area contributed by atoms with Crippen LogP contribution in [0.2, 0.25) is 0 Å². The van der Waals surface area contributed by atoms with Gasteiger partial charge in [-0.15, -0.1) is 0 Å². The van der Waals surface area contributed by atoms with Gasteiger partial charge in [-0.05, 0) is 31.1 Å². The molecule has 0 saturated heterocycles. The first-order valence-corrected chi connectivity index (χ1v) is 4.78. The summed E-state index contributed by atoms with van der Waals surface area (Å²) >= 11 is 11.0. The third-order valence-corrected chi connectivity index (χ3v) is 2.49. The standard InChI is InChI=1S/C9H12Cl2/c10-5-3-8-1-2-9(7-8)4-6-11/h3-6,8-9H,1-2,7H2/b5-3+,6-4+. The van der Waals surface area contributed by atoms with Gasteiger partial charge in [-0.3, -0.25) is 0 Å². The van der Waals surface area contributed by atoms with Gasteiger partial charge in [0.25, 0.3) is 0 Å². The second kappa shape index (κ2) is 4.84. The lowest BCUT2D eigenvalue weighted by atomic mass is 10.1. The van der Waals surface area contributed by atoms with Gasteiger partial charge in [0.2, 0.25) is 0 Å². The van der Waals surface area contributed by atoms with Crippen LogP contribution in [0, 0.1) is 11.8 Å². The highest BCUT2D eigenvalue weighted by atomic mass is 35.5. The molecule has 2 heteroatoms. The van der Waals surface area contributed by atoms with Crippen molar-refractivity contribution in [2.45, 2.75) is 19.3 Å². The normalized spacial score (nSPS) is 32.5. The van der Waals surface area contributed by atoms with Crippen LogP contribution in [-0.2, 0) is 0 Å². The maximum Gasteiger partial charge on any atom is 0.000525 e. The van der Waals surface area contributed by atoms with Gasteiger partial charge >= 0.3 is 0 Å². The van der Waals surface area contributed by atoms with Crippen LogP contribution in [-0.4, -0.2) is 0 Å². The second-order valence-corrected chi connectivity index (χ2v) is 3.47. The molecule has 1 fully saturated rings. The summed E-state index contributed by atoms with van der Waals surface area (Å²) < 4.78 is 0. The first-order chi connectivity index (χ1) is 5.36. The molecule has 0 nitrogen and oxygen atoms in total. The topological polar surface area (TPSA) is 0 Å². The van der Waals surface area contributed by atoms with E-state index in [0.717, 1.165) is 0 Å². The molecule has 11 heavy (non-hydrogen) atoms. The molecule has 0 aromatic heterocycles. The van der Waals surface area contributed by atoms with Gasteiger partial charge in [-0.1, -0.05) is 35.4 Å². The molecule has 0 amide bonds. The van der Waals surface area contributed by atoms with Gasteiger partial charge < -0.3 is 0 Å². The van der Waals surface area contributed by atoms with Gasteiger partial charge in [0, 0.05) is 11.1 Å². The van der Waals surface area contributed by atoms with Crippen molar-refractivity contribution in [3.8, 4) is 0 Å². The Labute approximate surface area is 77.9 Å². The summed E-state index contributed by atoms with van der Waals surface area (Å²) in [5.41, 5.74) is 3.24. The van der Waals surface area contributed by atoms with Gasteiger partial charge in [0.05, 0.1) is 0 Å².